The molecule has 4 nitrogen and oxygen atoms in total. The van der Waals surface area contributed by atoms with Crippen molar-refractivity contribution in [1.82, 2.24) is 5.32 Å². The predicted octanol–water partition coefficient (Wildman–Crippen LogP) is 1.28. The topological polar surface area (TPSA) is 41.6 Å². The summed E-state index contributed by atoms with van der Waals surface area (Å²) in [7, 11) is 3.56. The summed E-state index contributed by atoms with van der Waals surface area (Å²) in [5.74, 6) is 0.0347. The van der Waals surface area contributed by atoms with E-state index in [1.165, 1.54) is 0 Å². The molecular formula is C13H20N2O2. The maximum Gasteiger partial charge on any atom is 0.239 e. The van der Waals surface area contributed by atoms with Gasteiger partial charge in [0.05, 0.1) is 6.54 Å². The standard InChI is InChI=1S/C13H20N2O2/c1-15(12-7-4-3-5-8-12)11-13(16)14-9-6-10-17-2/h3-5,7-8H,6,9-11H2,1-2H3,(H,14,16). The molecule has 0 aliphatic heterocycles. The van der Waals surface area contributed by atoms with Gasteiger partial charge in [0.1, 0.15) is 0 Å². The van der Waals surface area contributed by atoms with Crippen molar-refractivity contribution in [3.8, 4) is 0 Å². The minimum atomic E-state index is 0.0347. The van der Waals surface area contributed by atoms with Gasteiger partial charge in [0.25, 0.3) is 0 Å². The van der Waals surface area contributed by atoms with Crippen LogP contribution in [-0.2, 0) is 9.53 Å². The maximum atomic E-state index is 11.6. The van der Waals surface area contributed by atoms with Crippen LogP contribution in [-0.4, -0.2) is 39.8 Å². The molecule has 17 heavy (non-hydrogen) atoms. The number of carbonyl (C=O) groups excluding carboxylic acids is 1. The number of amides is 1. The second-order valence-electron chi connectivity index (χ2n) is 3.89. The first-order chi connectivity index (χ1) is 8.24. The zero-order chi connectivity index (χ0) is 12.5. The van der Waals surface area contributed by atoms with Crippen LogP contribution >= 0.6 is 0 Å². The summed E-state index contributed by atoms with van der Waals surface area (Å²) in [6.45, 7) is 1.71. The van der Waals surface area contributed by atoms with Gasteiger partial charge in [-0.2, -0.15) is 0 Å². The second kappa shape index (κ2) is 7.68. The molecule has 1 aromatic carbocycles. The smallest absolute Gasteiger partial charge is 0.239 e. The van der Waals surface area contributed by atoms with E-state index in [0.29, 0.717) is 19.7 Å². The third-order valence-corrected chi connectivity index (χ3v) is 2.43. The predicted molar refractivity (Wildman–Crippen MR) is 69.2 cm³/mol. The van der Waals surface area contributed by atoms with E-state index in [9.17, 15) is 4.79 Å². The third kappa shape index (κ3) is 5.36. The minimum absolute atomic E-state index is 0.0347. The molecule has 0 radical (unpaired) electrons. The Morgan fingerprint density at radius 1 is 1.35 bits per heavy atom. The number of rotatable bonds is 7. The molecule has 1 N–H and O–H groups in total. The van der Waals surface area contributed by atoms with Gasteiger partial charge in [0.2, 0.25) is 5.91 Å². The Balaban J connectivity index is 2.26. The Kier molecular flexibility index (Phi) is 6.10. The fourth-order valence-corrected chi connectivity index (χ4v) is 1.49. The van der Waals surface area contributed by atoms with E-state index in [1.54, 1.807) is 7.11 Å². The van der Waals surface area contributed by atoms with Crippen molar-refractivity contribution in [2.75, 3.05) is 38.8 Å². The highest BCUT2D eigenvalue weighted by Crippen LogP contribution is 2.09. The SMILES string of the molecule is COCCCNC(=O)CN(C)c1ccccc1. The molecule has 0 spiro atoms. The lowest BCUT2D eigenvalue weighted by Crippen LogP contribution is -2.35. The molecule has 0 unspecified atom stereocenters. The number of likely N-dealkylation sites (N-methyl/N-ethyl adjacent to an activating group) is 1. The molecule has 1 aromatic rings. The number of nitrogens with zero attached hydrogens (tertiary/aromatic N) is 1. The van der Waals surface area contributed by atoms with Gasteiger partial charge in [-0.15, -0.1) is 0 Å². The Hall–Kier alpha value is -1.55. The lowest BCUT2D eigenvalue weighted by Gasteiger charge is -2.18. The van der Waals surface area contributed by atoms with E-state index < -0.39 is 0 Å². The highest BCUT2D eigenvalue weighted by molar-refractivity contribution is 5.81. The van der Waals surface area contributed by atoms with E-state index >= 15 is 0 Å². The van der Waals surface area contributed by atoms with Crippen molar-refractivity contribution in [1.29, 1.82) is 0 Å². The van der Waals surface area contributed by atoms with Crippen LogP contribution in [0.15, 0.2) is 30.3 Å². The molecular weight excluding hydrogens is 216 g/mol. The summed E-state index contributed by atoms with van der Waals surface area (Å²) in [4.78, 5) is 13.5. The Morgan fingerprint density at radius 2 is 2.06 bits per heavy atom. The fraction of sp³-hybridized carbons (Fsp3) is 0.462. The lowest BCUT2D eigenvalue weighted by atomic mass is 10.3. The summed E-state index contributed by atoms with van der Waals surface area (Å²) in [6.07, 6.45) is 0.845. The first kappa shape index (κ1) is 13.5. The number of anilines is 1. The molecule has 0 saturated heterocycles. The van der Waals surface area contributed by atoms with Gasteiger partial charge in [-0.3, -0.25) is 4.79 Å². The molecule has 0 bridgehead atoms. The number of ether oxygens (including phenoxy) is 1. The highest BCUT2D eigenvalue weighted by atomic mass is 16.5. The van der Waals surface area contributed by atoms with Crippen molar-refractivity contribution in [2.45, 2.75) is 6.42 Å². The molecule has 4 heteroatoms. The maximum absolute atomic E-state index is 11.6. The van der Waals surface area contributed by atoms with E-state index in [2.05, 4.69) is 5.32 Å². The summed E-state index contributed by atoms with van der Waals surface area (Å²) in [5, 5.41) is 2.86. The molecule has 94 valence electrons. The lowest BCUT2D eigenvalue weighted by molar-refractivity contribution is -0.119. The van der Waals surface area contributed by atoms with Crippen molar-refractivity contribution in [2.24, 2.45) is 0 Å². The molecule has 1 amide bonds. The van der Waals surface area contributed by atoms with Crippen molar-refractivity contribution < 1.29 is 9.53 Å². The number of para-hydroxylation sites is 1. The van der Waals surface area contributed by atoms with Crippen LogP contribution in [0.5, 0.6) is 0 Å². The van der Waals surface area contributed by atoms with Crippen LogP contribution in [0, 0.1) is 0 Å². The molecule has 1 rings (SSSR count). The number of benzene rings is 1. The summed E-state index contributed by atoms with van der Waals surface area (Å²) < 4.78 is 4.91. The number of carbonyl (C=O) groups is 1. The van der Waals surface area contributed by atoms with E-state index in [1.807, 2.05) is 42.3 Å². The Labute approximate surface area is 103 Å². The first-order valence-electron chi connectivity index (χ1n) is 5.76. The van der Waals surface area contributed by atoms with Gasteiger partial charge in [0.15, 0.2) is 0 Å². The van der Waals surface area contributed by atoms with E-state index in [-0.39, 0.29) is 5.91 Å². The van der Waals surface area contributed by atoms with Gasteiger partial charge in [-0.25, -0.2) is 0 Å². The van der Waals surface area contributed by atoms with Gasteiger partial charge < -0.3 is 15.0 Å². The van der Waals surface area contributed by atoms with Crippen molar-refractivity contribution in [3.63, 3.8) is 0 Å². The molecule has 0 heterocycles. The minimum Gasteiger partial charge on any atom is -0.385 e. The second-order valence-corrected chi connectivity index (χ2v) is 3.89. The van der Waals surface area contributed by atoms with Crippen LogP contribution in [0.1, 0.15) is 6.42 Å². The van der Waals surface area contributed by atoms with Gasteiger partial charge in [0, 0.05) is 33.0 Å². The Bertz CT molecular complexity index is 327. The molecule has 0 saturated carbocycles. The van der Waals surface area contributed by atoms with Crippen LogP contribution in [0.2, 0.25) is 0 Å². The zero-order valence-corrected chi connectivity index (χ0v) is 10.5. The normalized spacial score (nSPS) is 10.0. The number of hydrogen-bond donors (Lipinski definition) is 1. The zero-order valence-electron chi connectivity index (χ0n) is 10.5. The van der Waals surface area contributed by atoms with Crippen molar-refractivity contribution >= 4 is 11.6 Å². The number of nitrogens with one attached hydrogen (secondary N) is 1. The van der Waals surface area contributed by atoms with Crippen molar-refractivity contribution in [3.05, 3.63) is 30.3 Å². The number of hydrogen-bond acceptors (Lipinski definition) is 3. The number of methoxy groups -OCH3 is 1. The molecule has 0 atom stereocenters. The van der Waals surface area contributed by atoms with E-state index in [4.69, 9.17) is 4.74 Å². The third-order valence-electron chi connectivity index (χ3n) is 2.43. The van der Waals surface area contributed by atoms with Gasteiger partial charge in [-0.05, 0) is 18.6 Å². The highest BCUT2D eigenvalue weighted by Gasteiger charge is 2.05. The molecule has 0 fully saturated rings. The molecule has 0 aromatic heterocycles. The monoisotopic (exact) mass is 236 g/mol. The fourth-order valence-electron chi connectivity index (χ4n) is 1.49. The summed E-state index contributed by atoms with van der Waals surface area (Å²) in [6, 6.07) is 9.85. The average molecular weight is 236 g/mol. The molecule has 0 aliphatic rings. The van der Waals surface area contributed by atoms with Crippen LogP contribution in [0.25, 0.3) is 0 Å². The van der Waals surface area contributed by atoms with E-state index in [0.717, 1.165) is 12.1 Å². The quantitative estimate of drug-likeness (QED) is 0.725. The largest absolute Gasteiger partial charge is 0.385 e. The van der Waals surface area contributed by atoms with Gasteiger partial charge in [-0.1, -0.05) is 18.2 Å². The molecule has 0 aliphatic carbocycles. The average Bonchev–Trinajstić information content (AvgIpc) is 2.36. The van der Waals surface area contributed by atoms with Crippen LogP contribution in [0.3, 0.4) is 0 Å². The summed E-state index contributed by atoms with van der Waals surface area (Å²) in [5.41, 5.74) is 1.04. The van der Waals surface area contributed by atoms with Crippen LogP contribution in [0.4, 0.5) is 5.69 Å². The Morgan fingerprint density at radius 3 is 2.71 bits per heavy atom. The summed E-state index contributed by atoms with van der Waals surface area (Å²) >= 11 is 0. The first-order valence-corrected chi connectivity index (χ1v) is 5.76. The van der Waals surface area contributed by atoms with Gasteiger partial charge >= 0.3 is 0 Å². The van der Waals surface area contributed by atoms with Crippen LogP contribution < -0.4 is 10.2 Å².